The first kappa shape index (κ1) is 15.3. The third-order valence-corrected chi connectivity index (χ3v) is 5.56. The van der Waals surface area contributed by atoms with E-state index in [1.165, 1.54) is 43.1 Å². The van der Waals surface area contributed by atoms with Gasteiger partial charge in [-0.3, -0.25) is 9.59 Å². The second-order valence-electron chi connectivity index (χ2n) is 6.20. The number of carbonyl (C=O) groups is 2. The van der Waals surface area contributed by atoms with E-state index in [1.54, 1.807) is 10.3 Å². The van der Waals surface area contributed by atoms with Crippen LogP contribution in [0.1, 0.15) is 41.8 Å². The lowest BCUT2D eigenvalue weighted by molar-refractivity contribution is -0.133. The molecule has 1 N–H and O–H groups in total. The van der Waals surface area contributed by atoms with Crippen molar-refractivity contribution >= 4 is 23.2 Å². The molecule has 2 aliphatic rings. The van der Waals surface area contributed by atoms with Gasteiger partial charge in [-0.1, -0.05) is 12.8 Å². The average molecular weight is 322 g/mol. The Bertz CT molecular complexity index is 543. The van der Waals surface area contributed by atoms with Crippen LogP contribution in [0.2, 0.25) is 0 Å². The van der Waals surface area contributed by atoms with Crippen LogP contribution in [0.25, 0.3) is 0 Å². The van der Waals surface area contributed by atoms with Gasteiger partial charge in [-0.25, -0.2) is 0 Å². The van der Waals surface area contributed by atoms with Gasteiger partial charge in [-0.05, 0) is 18.8 Å². The molecule has 2 heterocycles. The van der Waals surface area contributed by atoms with Gasteiger partial charge >= 0.3 is 0 Å². The SMILES string of the molecule is O=C(CC1CCCC1)N1CCN(C(=O)c2cc(O)cs2)CC1. The standard InChI is InChI=1S/C16H22N2O3S/c19-13-10-14(22-11-13)16(21)18-7-5-17(6-8-18)15(20)9-12-3-1-2-4-12/h10-12,19H,1-9H2. The maximum Gasteiger partial charge on any atom is 0.264 e. The molecule has 22 heavy (non-hydrogen) atoms. The number of hydrogen-bond acceptors (Lipinski definition) is 4. The van der Waals surface area contributed by atoms with E-state index in [9.17, 15) is 14.7 Å². The number of aromatic hydroxyl groups is 1. The second kappa shape index (κ2) is 6.69. The average Bonchev–Trinajstić information content (AvgIpc) is 3.18. The van der Waals surface area contributed by atoms with Crippen LogP contribution < -0.4 is 0 Å². The lowest BCUT2D eigenvalue weighted by Crippen LogP contribution is -2.50. The third kappa shape index (κ3) is 3.43. The molecule has 2 amide bonds. The molecule has 0 unspecified atom stereocenters. The lowest BCUT2D eigenvalue weighted by Gasteiger charge is -2.35. The van der Waals surface area contributed by atoms with E-state index in [-0.39, 0.29) is 17.6 Å². The highest BCUT2D eigenvalue weighted by Gasteiger charge is 2.27. The molecule has 0 bridgehead atoms. The van der Waals surface area contributed by atoms with Gasteiger partial charge in [0.1, 0.15) is 5.75 Å². The molecule has 5 nitrogen and oxygen atoms in total. The first-order valence-electron chi connectivity index (χ1n) is 7.98. The van der Waals surface area contributed by atoms with Crippen molar-refractivity contribution in [2.24, 2.45) is 5.92 Å². The Labute approximate surface area is 134 Å². The van der Waals surface area contributed by atoms with E-state index in [0.29, 0.717) is 43.4 Å². The van der Waals surface area contributed by atoms with Crippen LogP contribution in [0.4, 0.5) is 0 Å². The number of thiophene rings is 1. The van der Waals surface area contributed by atoms with Gasteiger partial charge in [0.25, 0.3) is 5.91 Å². The van der Waals surface area contributed by atoms with Crippen LogP contribution >= 0.6 is 11.3 Å². The first-order valence-corrected chi connectivity index (χ1v) is 8.86. The molecule has 120 valence electrons. The van der Waals surface area contributed by atoms with E-state index in [0.717, 1.165) is 0 Å². The summed E-state index contributed by atoms with van der Waals surface area (Å²) in [4.78, 5) is 28.8. The molecular weight excluding hydrogens is 300 g/mol. The van der Waals surface area contributed by atoms with Crippen molar-refractivity contribution in [1.82, 2.24) is 9.80 Å². The van der Waals surface area contributed by atoms with E-state index < -0.39 is 0 Å². The zero-order valence-corrected chi connectivity index (χ0v) is 13.5. The van der Waals surface area contributed by atoms with Gasteiger partial charge < -0.3 is 14.9 Å². The van der Waals surface area contributed by atoms with Crippen molar-refractivity contribution in [3.63, 3.8) is 0 Å². The molecule has 0 radical (unpaired) electrons. The summed E-state index contributed by atoms with van der Waals surface area (Å²) in [6, 6.07) is 1.50. The number of amides is 2. The van der Waals surface area contributed by atoms with Crippen LogP contribution in [0.5, 0.6) is 5.75 Å². The molecule has 0 aromatic carbocycles. The molecule has 1 saturated heterocycles. The molecular formula is C16H22N2O3S. The zero-order valence-electron chi connectivity index (χ0n) is 12.7. The molecule has 2 fully saturated rings. The highest BCUT2D eigenvalue weighted by molar-refractivity contribution is 7.12. The maximum absolute atomic E-state index is 12.3. The summed E-state index contributed by atoms with van der Waals surface area (Å²) in [5.74, 6) is 0.904. The highest BCUT2D eigenvalue weighted by Crippen LogP contribution is 2.28. The first-order chi connectivity index (χ1) is 10.6. The largest absolute Gasteiger partial charge is 0.507 e. The van der Waals surface area contributed by atoms with Crippen molar-refractivity contribution in [2.75, 3.05) is 26.2 Å². The van der Waals surface area contributed by atoms with Crippen molar-refractivity contribution < 1.29 is 14.7 Å². The Morgan fingerprint density at radius 3 is 2.36 bits per heavy atom. The normalized spacial score (nSPS) is 19.6. The van der Waals surface area contributed by atoms with Gasteiger partial charge in [-0.15, -0.1) is 11.3 Å². The van der Waals surface area contributed by atoms with Crippen LogP contribution in [0, 0.1) is 5.92 Å². The Morgan fingerprint density at radius 2 is 1.77 bits per heavy atom. The zero-order chi connectivity index (χ0) is 15.5. The fourth-order valence-electron chi connectivity index (χ4n) is 3.34. The Kier molecular flexibility index (Phi) is 4.66. The summed E-state index contributed by atoms with van der Waals surface area (Å²) in [6.45, 7) is 2.39. The molecule has 1 saturated carbocycles. The van der Waals surface area contributed by atoms with Crippen molar-refractivity contribution in [2.45, 2.75) is 32.1 Å². The van der Waals surface area contributed by atoms with Crippen LogP contribution in [0.3, 0.4) is 0 Å². The molecule has 1 aromatic rings. The molecule has 1 aromatic heterocycles. The van der Waals surface area contributed by atoms with E-state index in [4.69, 9.17) is 0 Å². The van der Waals surface area contributed by atoms with Crippen LogP contribution in [0.15, 0.2) is 11.4 Å². The summed E-state index contributed by atoms with van der Waals surface area (Å²) >= 11 is 1.26. The minimum absolute atomic E-state index is 0.0480. The van der Waals surface area contributed by atoms with Crippen LogP contribution in [-0.2, 0) is 4.79 Å². The molecule has 1 aliphatic heterocycles. The van der Waals surface area contributed by atoms with Gasteiger partial charge in [0, 0.05) is 44.0 Å². The van der Waals surface area contributed by atoms with Gasteiger partial charge in [0.2, 0.25) is 5.91 Å². The summed E-state index contributed by atoms with van der Waals surface area (Å²) < 4.78 is 0. The molecule has 1 aliphatic carbocycles. The van der Waals surface area contributed by atoms with Gasteiger partial charge in [0.05, 0.1) is 4.88 Å². The van der Waals surface area contributed by atoms with Gasteiger partial charge in [0.15, 0.2) is 0 Å². The van der Waals surface area contributed by atoms with Crippen molar-refractivity contribution in [3.8, 4) is 5.75 Å². The molecule has 6 heteroatoms. The second-order valence-corrected chi connectivity index (χ2v) is 7.11. The molecule has 0 atom stereocenters. The number of hydrogen-bond donors (Lipinski definition) is 1. The predicted molar refractivity (Wildman–Crippen MR) is 85.0 cm³/mol. The third-order valence-electron chi connectivity index (χ3n) is 4.65. The summed E-state index contributed by atoms with van der Waals surface area (Å²) in [7, 11) is 0. The van der Waals surface area contributed by atoms with E-state index in [2.05, 4.69) is 0 Å². The van der Waals surface area contributed by atoms with Crippen molar-refractivity contribution in [1.29, 1.82) is 0 Å². The predicted octanol–water partition coefficient (Wildman–Crippen LogP) is 2.32. The Morgan fingerprint density at radius 1 is 1.14 bits per heavy atom. The Hall–Kier alpha value is -1.56. The monoisotopic (exact) mass is 322 g/mol. The fourth-order valence-corrected chi connectivity index (χ4v) is 4.08. The fraction of sp³-hybridized carbons (Fsp3) is 0.625. The quantitative estimate of drug-likeness (QED) is 0.929. The highest BCUT2D eigenvalue weighted by atomic mass is 32.1. The maximum atomic E-state index is 12.3. The smallest absolute Gasteiger partial charge is 0.264 e. The Balaban J connectivity index is 1.49. The molecule has 0 spiro atoms. The van der Waals surface area contributed by atoms with E-state index in [1.807, 2.05) is 4.90 Å². The summed E-state index contributed by atoms with van der Waals surface area (Å²) in [5.41, 5.74) is 0. The lowest BCUT2D eigenvalue weighted by atomic mass is 10.0. The summed E-state index contributed by atoms with van der Waals surface area (Å²) in [5, 5.41) is 10.9. The number of piperazine rings is 1. The number of carbonyl (C=O) groups excluding carboxylic acids is 2. The minimum atomic E-state index is -0.0480. The molecule has 3 rings (SSSR count). The van der Waals surface area contributed by atoms with Crippen molar-refractivity contribution in [3.05, 3.63) is 16.3 Å². The van der Waals surface area contributed by atoms with Gasteiger partial charge in [-0.2, -0.15) is 0 Å². The topological polar surface area (TPSA) is 60.9 Å². The van der Waals surface area contributed by atoms with E-state index >= 15 is 0 Å². The summed E-state index contributed by atoms with van der Waals surface area (Å²) in [6.07, 6.45) is 5.56. The van der Waals surface area contributed by atoms with Crippen LogP contribution in [-0.4, -0.2) is 52.9 Å². The number of rotatable bonds is 3. The number of nitrogens with zero attached hydrogens (tertiary/aromatic N) is 2. The minimum Gasteiger partial charge on any atom is -0.507 e.